The van der Waals surface area contributed by atoms with E-state index in [1.165, 1.54) is 32.1 Å². The van der Waals surface area contributed by atoms with Gasteiger partial charge in [0.1, 0.15) is 0 Å². The average molecular weight is 184 g/mol. The van der Waals surface area contributed by atoms with Gasteiger partial charge in [0.25, 0.3) is 0 Å². The van der Waals surface area contributed by atoms with Gasteiger partial charge in [-0.2, -0.15) is 0 Å². The molecule has 0 bridgehead atoms. The van der Waals surface area contributed by atoms with Gasteiger partial charge in [0.2, 0.25) is 0 Å². The van der Waals surface area contributed by atoms with Crippen molar-refractivity contribution in [1.29, 1.82) is 0 Å². The number of rotatable bonds is 7. The highest BCUT2D eigenvalue weighted by Crippen LogP contribution is 2.45. The van der Waals surface area contributed by atoms with Crippen molar-refractivity contribution >= 4 is 0 Å². The van der Waals surface area contributed by atoms with E-state index in [1.807, 2.05) is 0 Å². The minimum atomic E-state index is -0.0348. The van der Waals surface area contributed by atoms with Gasteiger partial charge in [-0.3, -0.25) is 0 Å². The Hall–Kier alpha value is -0.0400. The van der Waals surface area contributed by atoms with Crippen LogP contribution in [-0.2, 0) is 0 Å². The predicted octanol–water partition coefficient (Wildman–Crippen LogP) is 3.36. The summed E-state index contributed by atoms with van der Waals surface area (Å²) in [6.07, 6.45) is 8.80. The van der Waals surface area contributed by atoms with Crippen molar-refractivity contribution in [2.45, 2.75) is 64.9 Å². The largest absolute Gasteiger partial charge is 0.393 e. The smallest absolute Gasteiger partial charge is 0.0537 e. The number of aliphatic hydroxyl groups excluding tert-OH is 1. The lowest BCUT2D eigenvalue weighted by Crippen LogP contribution is -2.04. The zero-order valence-electron chi connectivity index (χ0n) is 9.13. The second-order valence-corrected chi connectivity index (χ2v) is 4.54. The standard InChI is InChI=1S/C12H24O/c1-3-5-6-10-9-11(10)7-8-12(13)4-2/h10-13H,3-9H2,1-2H3. The van der Waals surface area contributed by atoms with Crippen LogP contribution in [0.4, 0.5) is 0 Å². The molecule has 1 aliphatic rings. The maximum Gasteiger partial charge on any atom is 0.0537 e. The summed E-state index contributed by atoms with van der Waals surface area (Å²) in [5.41, 5.74) is 0. The first-order chi connectivity index (χ1) is 6.27. The van der Waals surface area contributed by atoms with Gasteiger partial charge in [0.15, 0.2) is 0 Å². The van der Waals surface area contributed by atoms with Crippen molar-refractivity contribution < 1.29 is 5.11 Å². The van der Waals surface area contributed by atoms with Crippen LogP contribution in [0.2, 0.25) is 0 Å². The van der Waals surface area contributed by atoms with Crippen molar-refractivity contribution in [2.75, 3.05) is 0 Å². The van der Waals surface area contributed by atoms with E-state index in [1.54, 1.807) is 0 Å². The Labute approximate surface area is 82.5 Å². The molecule has 1 nitrogen and oxygen atoms in total. The summed E-state index contributed by atoms with van der Waals surface area (Å²) in [6.45, 7) is 4.32. The summed E-state index contributed by atoms with van der Waals surface area (Å²) < 4.78 is 0. The molecule has 0 aromatic carbocycles. The lowest BCUT2D eigenvalue weighted by molar-refractivity contribution is 0.154. The van der Waals surface area contributed by atoms with E-state index in [9.17, 15) is 5.11 Å². The number of hydrogen-bond donors (Lipinski definition) is 1. The summed E-state index contributed by atoms with van der Waals surface area (Å²) in [4.78, 5) is 0. The van der Waals surface area contributed by atoms with Crippen molar-refractivity contribution in [1.82, 2.24) is 0 Å². The summed E-state index contributed by atoms with van der Waals surface area (Å²) in [6, 6.07) is 0. The van der Waals surface area contributed by atoms with E-state index in [4.69, 9.17) is 0 Å². The van der Waals surface area contributed by atoms with Crippen molar-refractivity contribution in [2.24, 2.45) is 11.8 Å². The lowest BCUT2D eigenvalue weighted by atomic mass is 10.1. The maximum atomic E-state index is 9.40. The van der Waals surface area contributed by atoms with Crippen LogP contribution in [0.3, 0.4) is 0 Å². The third-order valence-corrected chi connectivity index (χ3v) is 3.34. The Bertz CT molecular complexity index is 133. The van der Waals surface area contributed by atoms with E-state index in [0.29, 0.717) is 0 Å². The zero-order chi connectivity index (χ0) is 9.68. The molecule has 3 atom stereocenters. The van der Waals surface area contributed by atoms with Gasteiger partial charge in [-0.15, -0.1) is 0 Å². The minimum absolute atomic E-state index is 0.0348. The van der Waals surface area contributed by atoms with Gasteiger partial charge in [0, 0.05) is 0 Å². The van der Waals surface area contributed by atoms with Gasteiger partial charge in [-0.25, -0.2) is 0 Å². The number of hydrogen-bond acceptors (Lipinski definition) is 1. The van der Waals surface area contributed by atoms with Crippen LogP contribution < -0.4 is 0 Å². The molecule has 0 heterocycles. The first-order valence-electron chi connectivity index (χ1n) is 5.96. The molecule has 78 valence electrons. The van der Waals surface area contributed by atoms with Gasteiger partial charge in [-0.05, 0) is 37.5 Å². The number of aliphatic hydroxyl groups is 1. The van der Waals surface area contributed by atoms with Crippen molar-refractivity contribution in [3.05, 3.63) is 0 Å². The monoisotopic (exact) mass is 184 g/mol. The Morgan fingerprint density at radius 1 is 1.23 bits per heavy atom. The van der Waals surface area contributed by atoms with Gasteiger partial charge < -0.3 is 5.11 Å². The van der Waals surface area contributed by atoms with Crippen molar-refractivity contribution in [3.63, 3.8) is 0 Å². The zero-order valence-corrected chi connectivity index (χ0v) is 9.13. The Morgan fingerprint density at radius 2 is 1.92 bits per heavy atom. The molecule has 1 fully saturated rings. The molecule has 13 heavy (non-hydrogen) atoms. The Kier molecular flexibility index (Phi) is 4.79. The first kappa shape index (κ1) is 11.0. The second-order valence-electron chi connectivity index (χ2n) is 4.54. The highest BCUT2D eigenvalue weighted by molar-refractivity contribution is 4.86. The minimum Gasteiger partial charge on any atom is -0.393 e. The molecule has 1 N–H and O–H groups in total. The Balaban J connectivity index is 1.94. The van der Waals surface area contributed by atoms with Crippen LogP contribution in [-0.4, -0.2) is 11.2 Å². The van der Waals surface area contributed by atoms with Crippen LogP contribution in [0.1, 0.15) is 58.8 Å². The van der Waals surface area contributed by atoms with Gasteiger partial charge in [0.05, 0.1) is 6.10 Å². The van der Waals surface area contributed by atoms with Crippen molar-refractivity contribution in [3.8, 4) is 0 Å². The molecule has 0 amide bonds. The third kappa shape index (κ3) is 4.12. The first-order valence-corrected chi connectivity index (χ1v) is 5.96. The fourth-order valence-corrected chi connectivity index (χ4v) is 2.09. The summed E-state index contributed by atoms with van der Waals surface area (Å²) in [7, 11) is 0. The quantitative estimate of drug-likeness (QED) is 0.643. The second kappa shape index (κ2) is 5.64. The van der Waals surface area contributed by atoms with Crippen LogP contribution >= 0.6 is 0 Å². The molecule has 1 aliphatic carbocycles. The lowest BCUT2D eigenvalue weighted by Gasteiger charge is -2.06. The normalized spacial score (nSPS) is 28.8. The van der Waals surface area contributed by atoms with E-state index in [-0.39, 0.29) is 6.10 Å². The van der Waals surface area contributed by atoms with E-state index >= 15 is 0 Å². The number of unbranched alkanes of at least 4 members (excludes halogenated alkanes) is 1. The van der Waals surface area contributed by atoms with E-state index in [0.717, 1.165) is 24.7 Å². The molecule has 1 heteroatoms. The maximum absolute atomic E-state index is 9.40. The van der Waals surface area contributed by atoms with Crippen LogP contribution in [0.15, 0.2) is 0 Å². The highest BCUT2D eigenvalue weighted by Gasteiger charge is 2.35. The fourth-order valence-electron chi connectivity index (χ4n) is 2.09. The molecule has 0 aromatic rings. The molecule has 0 saturated heterocycles. The summed E-state index contributed by atoms with van der Waals surface area (Å²) in [5.74, 6) is 1.98. The van der Waals surface area contributed by atoms with Crippen LogP contribution in [0.25, 0.3) is 0 Å². The molecule has 0 spiro atoms. The fraction of sp³-hybridized carbons (Fsp3) is 1.00. The molecular formula is C12H24O. The van der Waals surface area contributed by atoms with Gasteiger partial charge in [-0.1, -0.05) is 33.1 Å². The SMILES string of the molecule is CCCCC1CC1CCC(O)CC. The molecule has 1 rings (SSSR count). The van der Waals surface area contributed by atoms with E-state index < -0.39 is 0 Å². The highest BCUT2D eigenvalue weighted by atomic mass is 16.3. The molecule has 0 radical (unpaired) electrons. The third-order valence-electron chi connectivity index (χ3n) is 3.34. The molecular weight excluding hydrogens is 160 g/mol. The molecule has 1 saturated carbocycles. The molecule has 0 aromatic heterocycles. The molecule has 3 unspecified atom stereocenters. The average Bonchev–Trinajstić information content (AvgIpc) is 2.89. The van der Waals surface area contributed by atoms with Crippen LogP contribution in [0, 0.1) is 11.8 Å². The van der Waals surface area contributed by atoms with E-state index in [2.05, 4.69) is 13.8 Å². The summed E-state index contributed by atoms with van der Waals surface area (Å²) in [5, 5.41) is 9.40. The van der Waals surface area contributed by atoms with Gasteiger partial charge >= 0.3 is 0 Å². The topological polar surface area (TPSA) is 20.2 Å². The Morgan fingerprint density at radius 3 is 2.54 bits per heavy atom. The van der Waals surface area contributed by atoms with Crippen LogP contribution in [0.5, 0.6) is 0 Å². The summed E-state index contributed by atoms with van der Waals surface area (Å²) >= 11 is 0. The predicted molar refractivity (Wildman–Crippen MR) is 56.7 cm³/mol. The molecule has 0 aliphatic heterocycles.